The summed E-state index contributed by atoms with van der Waals surface area (Å²) in [5, 5.41) is 12.0. The summed E-state index contributed by atoms with van der Waals surface area (Å²) < 4.78 is 38.4. The summed E-state index contributed by atoms with van der Waals surface area (Å²) in [7, 11) is 1.93. The van der Waals surface area contributed by atoms with Gasteiger partial charge in [0, 0.05) is 31.4 Å². The molecule has 1 saturated heterocycles. The summed E-state index contributed by atoms with van der Waals surface area (Å²) in [6.07, 6.45) is -2.37. The molecule has 0 aromatic carbocycles. The first-order valence-electron chi connectivity index (χ1n) is 7.59. The molecular formula is C15H20F3N3O3. The molecule has 0 saturated carbocycles. The summed E-state index contributed by atoms with van der Waals surface area (Å²) in [5.74, 6) is -0.699. The first-order valence-corrected chi connectivity index (χ1v) is 7.59. The highest BCUT2D eigenvalue weighted by Gasteiger charge is 2.37. The number of aliphatic hydroxyl groups is 1. The quantitative estimate of drug-likeness (QED) is 0.758. The summed E-state index contributed by atoms with van der Waals surface area (Å²) in [4.78, 5) is 27.7. The fourth-order valence-corrected chi connectivity index (χ4v) is 2.84. The number of alkyl halides is 3. The van der Waals surface area contributed by atoms with Crippen LogP contribution in [0.4, 0.5) is 13.2 Å². The molecule has 0 spiro atoms. The van der Waals surface area contributed by atoms with Gasteiger partial charge in [-0.05, 0) is 32.4 Å². The Labute approximate surface area is 136 Å². The van der Waals surface area contributed by atoms with Crippen LogP contribution in [0.15, 0.2) is 17.1 Å². The number of hydrogen-bond donors (Lipinski definition) is 3. The van der Waals surface area contributed by atoms with Crippen molar-refractivity contribution in [2.45, 2.75) is 31.0 Å². The molecule has 2 heterocycles. The molecule has 1 aliphatic heterocycles. The van der Waals surface area contributed by atoms with Crippen LogP contribution in [0.5, 0.6) is 0 Å². The van der Waals surface area contributed by atoms with Gasteiger partial charge in [0.1, 0.15) is 5.56 Å². The third-order valence-electron chi connectivity index (χ3n) is 4.38. The Hall–Kier alpha value is -1.87. The van der Waals surface area contributed by atoms with Gasteiger partial charge < -0.3 is 20.3 Å². The summed E-state index contributed by atoms with van der Waals surface area (Å²) in [6, 6.07) is 0.551. The maximum atomic E-state index is 12.8. The second-order valence-corrected chi connectivity index (χ2v) is 6.14. The highest BCUT2D eigenvalue weighted by Crippen LogP contribution is 2.28. The maximum absolute atomic E-state index is 12.8. The highest BCUT2D eigenvalue weighted by molar-refractivity contribution is 5.94. The maximum Gasteiger partial charge on any atom is 0.421 e. The molecule has 3 N–H and O–H groups in total. The molecule has 0 unspecified atom stereocenters. The van der Waals surface area contributed by atoms with Crippen molar-refractivity contribution in [3.8, 4) is 0 Å². The number of amides is 1. The lowest BCUT2D eigenvalue weighted by molar-refractivity contribution is -0.138. The first kappa shape index (κ1) is 18.5. The van der Waals surface area contributed by atoms with E-state index in [0.717, 1.165) is 6.20 Å². The number of pyridine rings is 1. The van der Waals surface area contributed by atoms with Crippen molar-refractivity contribution >= 4 is 5.91 Å². The highest BCUT2D eigenvalue weighted by atomic mass is 19.4. The van der Waals surface area contributed by atoms with E-state index < -0.39 is 28.7 Å². The van der Waals surface area contributed by atoms with Gasteiger partial charge in [0.2, 0.25) is 0 Å². The topological polar surface area (TPSA) is 85.4 Å². The largest absolute Gasteiger partial charge is 0.421 e. The zero-order chi connectivity index (χ0) is 18.0. The molecule has 24 heavy (non-hydrogen) atoms. The van der Waals surface area contributed by atoms with Gasteiger partial charge in [0.15, 0.2) is 0 Å². The molecule has 0 bridgehead atoms. The van der Waals surface area contributed by atoms with Crippen LogP contribution in [-0.2, 0) is 6.18 Å². The number of aromatic nitrogens is 1. The van der Waals surface area contributed by atoms with Crippen LogP contribution in [0, 0.1) is 0 Å². The molecule has 9 heteroatoms. The third kappa shape index (κ3) is 4.15. The lowest BCUT2D eigenvalue weighted by Gasteiger charge is -2.41. The molecule has 2 rings (SSSR count). The van der Waals surface area contributed by atoms with Gasteiger partial charge in [0.25, 0.3) is 11.5 Å². The van der Waals surface area contributed by atoms with E-state index in [9.17, 15) is 27.9 Å². The number of halogens is 3. The Kier molecular flexibility index (Phi) is 5.34. The minimum absolute atomic E-state index is 0.135. The normalized spacial score (nSPS) is 18.4. The van der Waals surface area contributed by atoms with E-state index >= 15 is 0 Å². The number of H-pyrrole nitrogens is 1. The van der Waals surface area contributed by atoms with E-state index in [1.165, 1.54) is 0 Å². The average molecular weight is 347 g/mol. The molecule has 1 fully saturated rings. The Balaban J connectivity index is 2.23. The predicted molar refractivity (Wildman–Crippen MR) is 80.7 cm³/mol. The van der Waals surface area contributed by atoms with Crippen molar-refractivity contribution in [3.05, 3.63) is 33.7 Å². The fourth-order valence-electron chi connectivity index (χ4n) is 2.84. The number of carbonyl (C=O) groups excluding carboxylic acids is 1. The number of rotatable bonds is 4. The van der Waals surface area contributed by atoms with Crippen LogP contribution in [0.3, 0.4) is 0 Å². The van der Waals surface area contributed by atoms with E-state index in [0.29, 0.717) is 38.4 Å². The monoisotopic (exact) mass is 347 g/mol. The number of aliphatic hydroxyl groups excluding tert-OH is 1. The van der Waals surface area contributed by atoms with Crippen LogP contribution in [0.1, 0.15) is 35.2 Å². The molecular weight excluding hydrogens is 327 g/mol. The van der Waals surface area contributed by atoms with Crippen LogP contribution >= 0.6 is 0 Å². The smallest absolute Gasteiger partial charge is 0.396 e. The van der Waals surface area contributed by atoms with Crippen molar-refractivity contribution < 1.29 is 23.1 Å². The SMILES string of the molecule is CN1CCC(CCO)(NC(=O)c2c[nH]c(=O)c(C(F)(F)F)c2)CC1. The van der Waals surface area contributed by atoms with Gasteiger partial charge in [0.05, 0.1) is 5.56 Å². The number of nitrogens with one attached hydrogen (secondary N) is 2. The standard InChI is InChI=1S/C15H20F3N3O3/c1-21-5-2-14(3-6-21,4-7-22)20-12(23)10-8-11(15(16,17)18)13(24)19-9-10/h8-9,22H,2-7H2,1H3,(H,19,24)(H,20,23). The Morgan fingerprint density at radius 2 is 2.04 bits per heavy atom. The Morgan fingerprint density at radius 1 is 1.42 bits per heavy atom. The summed E-state index contributed by atoms with van der Waals surface area (Å²) in [5.41, 5.74) is -3.62. The van der Waals surface area contributed by atoms with Gasteiger partial charge in [-0.3, -0.25) is 9.59 Å². The summed E-state index contributed by atoms with van der Waals surface area (Å²) >= 11 is 0. The second-order valence-electron chi connectivity index (χ2n) is 6.14. The third-order valence-corrected chi connectivity index (χ3v) is 4.38. The van der Waals surface area contributed by atoms with E-state index in [1.54, 1.807) is 0 Å². The number of aromatic amines is 1. The molecule has 0 aliphatic carbocycles. The lowest BCUT2D eigenvalue weighted by atomic mass is 9.84. The van der Waals surface area contributed by atoms with Crippen molar-refractivity contribution in [1.29, 1.82) is 0 Å². The first-order chi connectivity index (χ1) is 11.2. The Morgan fingerprint density at radius 3 is 2.58 bits per heavy atom. The van der Waals surface area contributed by atoms with E-state index in [4.69, 9.17) is 0 Å². The number of likely N-dealkylation sites (tertiary alicyclic amines) is 1. The zero-order valence-electron chi connectivity index (χ0n) is 13.2. The number of nitrogens with zero attached hydrogens (tertiary/aromatic N) is 1. The van der Waals surface area contributed by atoms with Crippen LogP contribution in [0.2, 0.25) is 0 Å². The van der Waals surface area contributed by atoms with Crippen LogP contribution < -0.4 is 10.9 Å². The molecule has 0 radical (unpaired) electrons. The lowest BCUT2D eigenvalue weighted by Crippen LogP contribution is -2.55. The van der Waals surface area contributed by atoms with Crippen molar-refractivity contribution in [1.82, 2.24) is 15.2 Å². The number of hydrogen-bond acceptors (Lipinski definition) is 4. The van der Waals surface area contributed by atoms with Gasteiger partial charge in [-0.1, -0.05) is 0 Å². The predicted octanol–water partition coefficient (Wildman–Crippen LogP) is 0.970. The van der Waals surface area contributed by atoms with Gasteiger partial charge in [-0.2, -0.15) is 13.2 Å². The van der Waals surface area contributed by atoms with E-state index in [1.807, 2.05) is 12.0 Å². The van der Waals surface area contributed by atoms with Gasteiger partial charge in [-0.15, -0.1) is 0 Å². The number of carbonyl (C=O) groups is 1. The van der Waals surface area contributed by atoms with Gasteiger partial charge in [-0.25, -0.2) is 0 Å². The van der Waals surface area contributed by atoms with E-state index in [2.05, 4.69) is 10.2 Å². The van der Waals surface area contributed by atoms with Crippen LogP contribution in [0.25, 0.3) is 0 Å². The molecule has 1 aromatic heterocycles. The molecule has 134 valence electrons. The van der Waals surface area contributed by atoms with E-state index in [-0.39, 0.29) is 12.2 Å². The van der Waals surface area contributed by atoms with Crippen molar-refractivity contribution in [2.75, 3.05) is 26.7 Å². The van der Waals surface area contributed by atoms with Crippen LogP contribution in [-0.4, -0.2) is 53.2 Å². The van der Waals surface area contributed by atoms with Crippen molar-refractivity contribution in [3.63, 3.8) is 0 Å². The molecule has 1 aliphatic rings. The molecule has 0 atom stereocenters. The van der Waals surface area contributed by atoms with Gasteiger partial charge >= 0.3 is 6.18 Å². The average Bonchev–Trinajstić information content (AvgIpc) is 2.50. The second kappa shape index (κ2) is 6.94. The molecule has 1 amide bonds. The molecule has 6 nitrogen and oxygen atoms in total. The fraction of sp³-hybridized carbons (Fsp3) is 0.600. The van der Waals surface area contributed by atoms with Crippen molar-refractivity contribution in [2.24, 2.45) is 0 Å². The minimum atomic E-state index is -4.83. The zero-order valence-corrected chi connectivity index (χ0v) is 13.2. The Bertz CT molecular complexity index is 649. The number of piperidine rings is 1. The summed E-state index contributed by atoms with van der Waals surface area (Å²) in [6.45, 7) is 1.28. The molecule has 1 aromatic rings. The minimum Gasteiger partial charge on any atom is -0.396 e.